The molecule has 0 unspecified atom stereocenters. The number of hydrogen-bond donors (Lipinski definition) is 1. The summed E-state index contributed by atoms with van der Waals surface area (Å²) in [6, 6.07) is 14.2. The van der Waals surface area contributed by atoms with Crippen molar-refractivity contribution in [1.82, 2.24) is 24.8 Å². The molecule has 1 aliphatic rings. The summed E-state index contributed by atoms with van der Waals surface area (Å²) < 4.78 is 7.54. The minimum Gasteiger partial charge on any atom is -0.383 e. The molecule has 1 saturated heterocycles. The molecule has 7 heteroatoms. The second-order valence-corrected chi connectivity index (χ2v) is 7.55. The highest BCUT2D eigenvalue weighted by molar-refractivity contribution is 7.80. The number of ether oxygens (including phenoxy) is 1. The van der Waals surface area contributed by atoms with Crippen LogP contribution in [0.25, 0.3) is 5.82 Å². The van der Waals surface area contributed by atoms with Gasteiger partial charge in [0.25, 0.3) is 0 Å². The molecule has 150 valence electrons. The molecule has 0 radical (unpaired) electrons. The Hall–Kier alpha value is -2.77. The van der Waals surface area contributed by atoms with Gasteiger partial charge in [-0.15, -0.1) is 0 Å². The monoisotopic (exact) mass is 407 g/mol. The van der Waals surface area contributed by atoms with Gasteiger partial charge in [0.15, 0.2) is 5.11 Å². The van der Waals surface area contributed by atoms with Gasteiger partial charge in [-0.3, -0.25) is 4.98 Å². The van der Waals surface area contributed by atoms with E-state index in [9.17, 15) is 0 Å². The van der Waals surface area contributed by atoms with Gasteiger partial charge in [-0.25, -0.2) is 4.98 Å². The molecule has 0 bridgehead atoms. The molecule has 4 rings (SSSR count). The maximum atomic E-state index is 5.70. The third kappa shape index (κ3) is 3.63. The largest absolute Gasteiger partial charge is 0.383 e. The van der Waals surface area contributed by atoms with Crippen LogP contribution >= 0.6 is 12.2 Å². The molecule has 0 amide bonds. The molecule has 0 saturated carbocycles. The number of aromatic nitrogens is 3. The van der Waals surface area contributed by atoms with Crippen LogP contribution in [0.5, 0.6) is 0 Å². The summed E-state index contributed by atoms with van der Waals surface area (Å²) in [4.78, 5) is 11.4. The predicted molar refractivity (Wildman–Crippen MR) is 117 cm³/mol. The Kier molecular flexibility index (Phi) is 5.60. The Bertz CT molecular complexity index is 989. The standard InChI is InChI=1S/C22H25N5OS/c1-15-14-17(16(2)27(15)19-9-5-7-11-24-19)21-20(18-8-4-6-10-23-18)25-22(29)26(21)12-13-28-3/h4-11,14,20-21H,12-13H2,1-3H3,(H,25,29)/t20-,21-/m1/s1. The maximum Gasteiger partial charge on any atom is 0.170 e. The van der Waals surface area contributed by atoms with E-state index in [1.54, 1.807) is 7.11 Å². The Morgan fingerprint density at radius 2 is 1.86 bits per heavy atom. The third-order valence-corrected chi connectivity index (χ3v) is 5.75. The highest BCUT2D eigenvalue weighted by Gasteiger charge is 2.41. The lowest BCUT2D eigenvalue weighted by Crippen LogP contribution is -2.32. The summed E-state index contributed by atoms with van der Waals surface area (Å²) in [5.41, 5.74) is 4.48. The van der Waals surface area contributed by atoms with E-state index in [-0.39, 0.29) is 12.1 Å². The molecule has 4 heterocycles. The first-order valence-corrected chi connectivity index (χ1v) is 10.1. The van der Waals surface area contributed by atoms with E-state index in [0.717, 1.165) is 28.0 Å². The van der Waals surface area contributed by atoms with Crippen LogP contribution in [0.2, 0.25) is 0 Å². The van der Waals surface area contributed by atoms with E-state index in [0.29, 0.717) is 13.2 Å². The van der Waals surface area contributed by atoms with Crippen molar-refractivity contribution in [1.29, 1.82) is 0 Å². The van der Waals surface area contributed by atoms with Crippen molar-refractivity contribution in [3.8, 4) is 5.82 Å². The molecule has 6 nitrogen and oxygen atoms in total. The molecule has 0 aromatic carbocycles. The number of hydrogen-bond acceptors (Lipinski definition) is 4. The van der Waals surface area contributed by atoms with Crippen LogP contribution in [-0.4, -0.2) is 44.8 Å². The zero-order chi connectivity index (χ0) is 20.4. The summed E-state index contributed by atoms with van der Waals surface area (Å²) >= 11 is 5.70. The van der Waals surface area contributed by atoms with Crippen LogP contribution in [0.4, 0.5) is 0 Å². The van der Waals surface area contributed by atoms with Gasteiger partial charge in [0.2, 0.25) is 0 Å². The molecular weight excluding hydrogens is 382 g/mol. The first-order chi connectivity index (χ1) is 14.1. The van der Waals surface area contributed by atoms with Gasteiger partial charge < -0.3 is 19.5 Å². The average molecular weight is 408 g/mol. The zero-order valence-electron chi connectivity index (χ0n) is 16.9. The van der Waals surface area contributed by atoms with Gasteiger partial charge in [-0.1, -0.05) is 12.1 Å². The lowest BCUT2D eigenvalue weighted by molar-refractivity contribution is 0.164. The molecule has 1 N–H and O–H groups in total. The number of aryl methyl sites for hydroxylation is 1. The molecule has 29 heavy (non-hydrogen) atoms. The fraction of sp³-hybridized carbons (Fsp3) is 0.318. The molecule has 3 aromatic heterocycles. The van der Waals surface area contributed by atoms with Crippen molar-refractivity contribution in [2.75, 3.05) is 20.3 Å². The fourth-order valence-electron chi connectivity index (χ4n) is 4.10. The van der Waals surface area contributed by atoms with Crippen molar-refractivity contribution in [2.45, 2.75) is 25.9 Å². The highest BCUT2D eigenvalue weighted by Crippen LogP contribution is 2.41. The van der Waals surface area contributed by atoms with Gasteiger partial charge >= 0.3 is 0 Å². The smallest absolute Gasteiger partial charge is 0.170 e. The van der Waals surface area contributed by atoms with Crippen molar-refractivity contribution in [3.05, 3.63) is 77.5 Å². The minimum atomic E-state index is -0.0294. The summed E-state index contributed by atoms with van der Waals surface area (Å²) in [6.07, 6.45) is 3.65. The second-order valence-electron chi connectivity index (χ2n) is 7.16. The molecule has 2 atom stereocenters. The zero-order valence-corrected chi connectivity index (χ0v) is 17.7. The third-order valence-electron chi connectivity index (χ3n) is 5.40. The summed E-state index contributed by atoms with van der Waals surface area (Å²) in [7, 11) is 1.71. The summed E-state index contributed by atoms with van der Waals surface area (Å²) in [5.74, 6) is 0.917. The van der Waals surface area contributed by atoms with Crippen LogP contribution in [-0.2, 0) is 4.74 Å². The van der Waals surface area contributed by atoms with Crippen molar-refractivity contribution >= 4 is 17.3 Å². The van der Waals surface area contributed by atoms with E-state index in [1.165, 1.54) is 5.56 Å². The molecule has 0 spiro atoms. The van der Waals surface area contributed by atoms with E-state index >= 15 is 0 Å². The number of pyridine rings is 2. The van der Waals surface area contributed by atoms with Crippen LogP contribution in [0.3, 0.4) is 0 Å². The normalized spacial score (nSPS) is 18.9. The van der Waals surface area contributed by atoms with Crippen LogP contribution in [0.1, 0.15) is 34.7 Å². The van der Waals surface area contributed by atoms with Gasteiger partial charge in [0, 0.05) is 37.4 Å². The van der Waals surface area contributed by atoms with E-state index in [1.807, 2.05) is 48.8 Å². The first-order valence-electron chi connectivity index (χ1n) is 9.69. The topological polar surface area (TPSA) is 55.2 Å². The number of thiocarbonyl (C=S) groups is 1. The number of rotatable bonds is 6. The van der Waals surface area contributed by atoms with Crippen LogP contribution < -0.4 is 5.32 Å². The molecule has 0 aliphatic carbocycles. The lowest BCUT2D eigenvalue weighted by atomic mass is 9.97. The maximum absolute atomic E-state index is 5.70. The summed E-state index contributed by atoms with van der Waals surface area (Å²) in [5, 5.41) is 4.22. The van der Waals surface area contributed by atoms with Crippen molar-refractivity contribution in [3.63, 3.8) is 0 Å². The average Bonchev–Trinajstić information content (AvgIpc) is 3.23. The number of methoxy groups -OCH3 is 1. The van der Waals surface area contributed by atoms with Gasteiger partial charge in [-0.2, -0.15) is 0 Å². The Labute approximate surface area is 176 Å². The Morgan fingerprint density at radius 3 is 2.52 bits per heavy atom. The molecule has 1 aliphatic heterocycles. The quantitative estimate of drug-likeness (QED) is 0.631. The SMILES string of the molecule is COCCN1C(=S)N[C@H](c2ccccn2)[C@H]1c1cc(C)n(-c2ccccn2)c1C. The van der Waals surface area contributed by atoms with Crippen molar-refractivity contribution in [2.24, 2.45) is 0 Å². The minimum absolute atomic E-state index is 0.0243. The summed E-state index contributed by atoms with van der Waals surface area (Å²) in [6.45, 7) is 5.57. The Balaban J connectivity index is 1.81. The number of nitrogens with one attached hydrogen (secondary N) is 1. The molecular formula is C22H25N5OS. The fourth-order valence-corrected chi connectivity index (χ4v) is 4.43. The highest BCUT2D eigenvalue weighted by atomic mass is 32.1. The number of nitrogens with zero attached hydrogens (tertiary/aromatic N) is 4. The molecule has 3 aromatic rings. The lowest BCUT2D eigenvalue weighted by Gasteiger charge is -2.28. The van der Waals surface area contributed by atoms with Crippen LogP contribution in [0, 0.1) is 13.8 Å². The molecule has 1 fully saturated rings. The van der Waals surface area contributed by atoms with Gasteiger partial charge in [0.05, 0.1) is 24.4 Å². The van der Waals surface area contributed by atoms with E-state index in [4.69, 9.17) is 17.0 Å². The predicted octanol–water partition coefficient (Wildman–Crippen LogP) is 3.50. The van der Waals surface area contributed by atoms with Gasteiger partial charge in [0.1, 0.15) is 5.82 Å². The van der Waals surface area contributed by atoms with Crippen LogP contribution in [0.15, 0.2) is 54.9 Å². The second kappa shape index (κ2) is 8.31. The van der Waals surface area contributed by atoms with E-state index in [2.05, 4.69) is 44.7 Å². The van der Waals surface area contributed by atoms with Crippen molar-refractivity contribution < 1.29 is 4.74 Å². The first kappa shape index (κ1) is 19.5. The Morgan fingerprint density at radius 1 is 1.10 bits per heavy atom. The van der Waals surface area contributed by atoms with E-state index < -0.39 is 0 Å². The van der Waals surface area contributed by atoms with Gasteiger partial charge in [-0.05, 0) is 62.0 Å².